The molecule has 0 radical (unpaired) electrons. The van der Waals surface area contributed by atoms with Crippen LogP contribution in [-0.2, 0) is 12.8 Å². The van der Waals surface area contributed by atoms with Crippen molar-refractivity contribution in [3.05, 3.63) is 28.3 Å². The summed E-state index contributed by atoms with van der Waals surface area (Å²) in [6, 6.07) is 1.84. The number of carbonyl (C=O) groups is 1. The number of hydrogen-bond donors (Lipinski definition) is 1. The van der Waals surface area contributed by atoms with E-state index in [0.717, 1.165) is 22.4 Å². The molecule has 26 heavy (non-hydrogen) atoms. The monoisotopic (exact) mass is 377 g/mol. The van der Waals surface area contributed by atoms with E-state index in [1.807, 2.05) is 13.0 Å². The number of aromatic nitrogens is 1. The fourth-order valence-electron chi connectivity index (χ4n) is 3.16. The molecule has 1 N–H and O–H groups in total. The number of amides is 2. The lowest BCUT2D eigenvalue weighted by Gasteiger charge is -2.20. The summed E-state index contributed by atoms with van der Waals surface area (Å²) in [6.45, 7) is 3.17. The fraction of sp³-hybridized carbons (Fsp3) is 0.444. The minimum absolute atomic E-state index is 0.134. The van der Waals surface area contributed by atoms with Crippen molar-refractivity contribution in [3.8, 4) is 17.2 Å². The van der Waals surface area contributed by atoms with E-state index in [0.29, 0.717) is 41.9 Å². The lowest BCUT2D eigenvalue weighted by Crippen LogP contribution is -2.36. The Kier molecular flexibility index (Phi) is 5.51. The maximum atomic E-state index is 12.6. The van der Waals surface area contributed by atoms with Crippen molar-refractivity contribution in [2.45, 2.75) is 19.8 Å². The first-order valence-electron chi connectivity index (χ1n) is 8.36. The summed E-state index contributed by atoms with van der Waals surface area (Å²) in [6.07, 6.45) is 3.15. The minimum atomic E-state index is -0.134. The predicted octanol–water partition coefficient (Wildman–Crippen LogP) is 3.11. The van der Waals surface area contributed by atoms with E-state index in [9.17, 15) is 4.79 Å². The third kappa shape index (κ3) is 3.55. The van der Waals surface area contributed by atoms with Gasteiger partial charge in [0.15, 0.2) is 16.6 Å². The lowest BCUT2D eigenvalue weighted by atomic mass is 10.0. The van der Waals surface area contributed by atoms with Crippen LogP contribution in [0, 0.1) is 6.92 Å². The van der Waals surface area contributed by atoms with Crippen LogP contribution in [0.3, 0.4) is 0 Å². The third-order valence-electron chi connectivity index (χ3n) is 4.43. The van der Waals surface area contributed by atoms with E-state index in [-0.39, 0.29) is 6.03 Å². The zero-order valence-corrected chi connectivity index (χ0v) is 16.2. The molecule has 0 spiro atoms. The van der Waals surface area contributed by atoms with Gasteiger partial charge in [0.2, 0.25) is 5.75 Å². The Morgan fingerprint density at radius 3 is 2.50 bits per heavy atom. The number of rotatable bonds is 4. The molecule has 7 nitrogen and oxygen atoms in total. The smallest absolute Gasteiger partial charge is 0.323 e. The Labute approximate surface area is 156 Å². The Bertz CT molecular complexity index is 806. The molecule has 8 heteroatoms. The average molecular weight is 377 g/mol. The molecule has 0 saturated carbocycles. The molecule has 2 amide bonds. The van der Waals surface area contributed by atoms with E-state index in [4.69, 9.17) is 14.2 Å². The first-order chi connectivity index (χ1) is 12.6. The number of hydrogen-bond acceptors (Lipinski definition) is 6. The average Bonchev–Trinajstić information content (AvgIpc) is 2.92. The summed E-state index contributed by atoms with van der Waals surface area (Å²) in [4.78, 5) is 19.6. The molecule has 140 valence electrons. The second-order valence-corrected chi connectivity index (χ2v) is 7.21. The van der Waals surface area contributed by atoms with Gasteiger partial charge < -0.3 is 19.1 Å². The van der Waals surface area contributed by atoms with E-state index < -0.39 is 0 Å². The second kappa shape index (κ2) is 7.82. The molecule has 1 aromatic carbocycles. The van der Waals surface area contributed by atoms with Crippen molar-refractivity contribution in [1.29, 1.82) is 0 Å². The van der Waals surface area contributed by atoms with Crippen molar-refractivity contribution in [3.63, 3.8) is 0 Å². The number of thiazole rings is 1. The number of ether oxygens (including phenoxy) is 3. The largest absolute Gasteiger partial charge is 0.493 e. The normalized spacial score (nSPS) is 13.6. The summed E-state index contributed by atoms with van der Waals surface area (Å²) < 4.78 is 16.5. The molecule has 2 heterocycles. The molecular weight excluding hydrogens is 354 g/mol. The molecule has 2 aromatic rings. The van der Waals surface area contributed by atoms with Crippen molar-refractivity contribution in [2.75, 3.05) is 39.7 Å². The number of aryl methyl sites for hydroxylation is 1. The number of urea groups is 1. The predicted molar refractivity (Wildman–Crippen MR) is 101 cm³/mol. The highest BCUT2D eigenvalue weighted by Crippen LogP contribution is 2.43. The van der Waals surface area contributed by atoms with Crippen molar-refractivity contribution < 1.29 is 19.0 Å². The Balaban J connectivity index is 1.81. The summed E-state index contributed by atoms with van der Waals surface area (Å²) in [7, 11) is 4.83. The van der Waals surface area contributed by atoms with Gasteiger partial charge in [-0.05, 0) is 31.4 Å². The van der Waals surface area contributed by atoms with Gasteiger partial charge in [0.1, 0.15) is 0 Å². The van der Waals surface area contributed by atoms with Crippen LogP contribution in [0.5, 0.6) is 17.2 Å². The maximum absolute atomic E-state index is 12.6. The molecule has 0 unspecified atom stereocenters. The Morgan fingerprint density at radius 2 is 1.88 bits per heavy atom. The molecule has 0 saturated heterocycles. The summed E-state index contributed by atoms with van der Waals surface area (Å²) in [5.41, 5.74) is 2.17. The zero-order chi connectivity index (χ0) is 18.7. The van der Waals surface area contributed by atoms with Crippen LogP contribution < -0.4 is 19.5 Å². The highest BCUT2D eigenvalue weighted by Gasteiger charge is 2.25. The van der Waals surface area contributed by atoms with Gasteiger partial charge in [-0.25, -0.2) is 9.78 Å². The standard InChI is InChI=1S/C18H23N3O4S/c1-11-10-19-17(26-11)20-18(22)21-7-5-12-9-14(23-2)16(25-4)15(24-3)13(12)6-8-21/h9-10H,5-8H2,1-4H3,(H,19,20,22). The quantitative estimate of drug-likeness (QED) is 0.886. The van der Waals surface area contributed by atoms with Crippen molar-refractivity contribution >= 4 is 22.5 Å². The van der Waals surface area contributed by atoms with E-state index in [1.54, 1.807) is 32.4 Å². The van der Waals surface area contributed by atoms with Gasteiger partial charge in [0.25, 0.3) is 0 Å². The van der Waals surface area contributed by atoms with E-state index in [1.165, 1.54) is 11.3 Å². The van der Waals surface area contributed by atoms with Crippen LogP contribution in [0.4, 0.5) is 9.93 Å². The van der Waals surface area contributed by atoms with Crippen LogP contribution in [-0.4, -0.2) is 50.3 Å². The third-order valence-corrected chi connectivity index (χ3v) is 5.26. The number of nitrogens with zero attached hydrogens (tertiary/aromatic N) is 2. The number of carbonyl (C=O) groups excluding carboxylic acids is 1. The number of methoxy groups -OCH3 is 3. The van der Waals surface area contributed by atoms with Crippen molar-refractivity contribution in [1.82, 2.24) is 9.88 Å². The van der Waals surface area contributed by atoms with Crippen LogP contribution in [0.15, 0.2) is 12.3 Å². The summed E-state index contributed by atoms with van der Waals surface area (Å²) >= 11 is 1.47. The second-order valence-electron chi connectivity index (χ2n) is 5.98. The number of benzene rings is 1. The van der Waals surface area contributed by atoms with Gasteiger partial charge >= 0.3 is 6.03 Å². The Morgan fingerprint density at radius 1 is 1.15 bits per heavy atom. The van der Waals surface area contributed by atoms with Gasteiger partial charge in [-0.3, -0.25) is 5.32 Å². The molecule has 0 aliphatic carbocycles. The lowest BCUT2D eigenvalue weighted by molar-refractivity contribution is 0.214. The van der Waals surface area contributed by atoms with Gasteiger partial charge in [-0.1, -0.05) is 0 Å². The first-order valence-corrected chi connectivity index (χ1v) is 9.18. The van der Waals surface area contributed by atoms with Crippen LogP contribution >= 0.6 is 11.3 Å². The molecule has 3 rings (SSSR count). The fourth-order valence-corrected chi connectivity index (χ4v) is 3.82. The molecule has 0 bridgehead atoms. The minimum Gasteiger partial charge on any atom is -0.493 e. The molecule has 1 aromatic heterocycles. The van der Waals surface area contributed by atoms with Crippen LogP contribution in [0.25, 0.3) is 0 Å². The SMILES string of the molecule is COc1cc2c(c(OC)c1OC)CCN(C(=O)Nc1ncc(C)s1)CC2. The molecule has 1 aliphatic heterocycles. The molecule has 1 aliphatic rings. The number of anilines is 1. The summed E-state index contributed by atoms with van der Waals surface area (Å²) in [5, 5.41) is 3.50. The maximum Gasteiger partial charge on any atom is 0.323 e. The molecular formula is C18H23N3O4S. The zero-order valence-electron chi connectivity index (χ0n) is 15.4. The van der Waals surface area contributed by atoms with E-state index in [2.05, 4.69) is 10.3 Å². The van der Waals surface area contributed by atoms with Gasteiger partial charge in [-0.15, -0.1) is 11.3 Å². The van der Waals surface area contributed by atoms with E-state index >= 15 is 0 Å². The highest BCUT2D eigenvalue weighted by molar-refractivity contribution is 7.15. The van der Waals surface area contributed by atoms with Crippen molar-refractivity contribution in [2.24, 2.45) is 0 Å². The van der Waals surface area contributed by atoms with Gasteiger partial charge in [0.05, 0.1) is 21.3 Å². The first kappa shape index (κ1) is 18.3. The number of fused-ring (bicyclic) bond motifs is 1. The van der Waals surface area contributed by atoms with Crippen LogP contribution in [0.2, 0.25) is 0 Å². The molecule has 0 atom stereocenters. The van der Waals surface area contributed by atoms with Gasteiger partial charge in [0, 0.05) is 29.7 Å². The highest BCUT2D eigenvalue weighted by atomic mass is 32.1. The van der Waals surface area contributed by atoms with Gasteiger partial charge in [-0.2, -0.15) is 0 Å². The van der Waals surface area contributed by atoms with Crippen LogP contribution in [0.1, 0.15) is 16.0 Å². The molecule has 0 fully saturated rings. The Hall–Kier alpha value is -2.48. The topological polar surface area (TPSA) is 72.9 Å². The summed E-state index contributed by atoms with van der Waals surface area (Å²) in [5.74, 6) is 1.91. The number of nitrogens with one attached hydrogen (secondary N) is 1.